The number of amides is 1. The van der Waals surface area contributed by atoms with Gasteiger partial charge in [0, 0.05) is 12.0 Å². The quantitative estimate of drug-likeness (QED) is 0.803. The molecular formula is C14H17N5O3S. The molecule has 0 spiro atoms. The lowest BCUT2D eigenvalue weighted by Crippen LogP contribution is -2.44. The molecule has 122 valence electrons. The maximum absolute atomic E-state index is 11.2. The fourth-order valence-corrected chi connectivity index (χ4v) is 2.84. The van der Waals surface area contributed by atoms with E-state index in [9.17, 15) is 4.79 Å². The van der Waals surface area contributed by atoms with Crippen LogP contribution in [0, 0.1) is 0 Å². The number of nitrogens with two attached hydrogens (primary N) is 1. The zero-order valence-electron chi connectivity index (χ0n) is 12.3. The number of thiazole rings is 1. The number of ether oxygens (including phenoxy) is 2. The van der Waals surface area contributed by atoms with E-state index >= 15 is 0 Å². The van der Waals surface area contributed by atoms with E-state index in [0.29, 0.717) is 25.6 Å². The van der Waals surface area contributed by atoms with Crippen molar-refractivity contribution in [2.75, 3.05) is 18.5 Å². The van der Waals surface area contributed by atoms with Gasteiger partial charge in [0.2, 0.25) is 0 Å². The SMILES string of the molecule is NC(=O)c1cncc(N[C@@H]2COCC[C@@H]2OCc2cscn2)n1. The van der Waals surface area contributed by atoms with Crippen LogP contribution >= 0.6 is 11.3 Å². The maximum atomic E-state index is 11.2. The predicted octanol–water partition coefficient (Wildman–Crippen LogP) is 0.818. The van der Waals surface area contributed by atoms with Gasteiger partial charge in [0.1, 0.15) is 11.5 Å². The Morgan fingerprint density at radius 3 is 3.22 bits per heavy atom. The summed E-state index contributed by atoms with van der Waals surface area (Å²) in [5, 5.41) is 5.17. The van der Waals surface area contributed by atoms with Gasteiger partial charge in [-0.1, -0.05) is 0 Å². The first-order valence-electron chi connectivity index (χ1n) is 7.17. The van der Waals surface area contributed by atoms with Crippen LogP contribution in [0.1, 0.15) is 22.6 Å². The summed E-state index contributed by atoms with van der Waals surface area (Å²) in [4.78, 5) is 23.5. The summed E-state index contributed by atoms with van der Waals surface area (Å²) in [5.74, 6) is -0.142. The van der Waals surface area contributed by atoms with E-state index in [1.165, 1.54) is 6.20 Å². The van der Waals surface area contributed by atoms with Gasteiger partial charge in [-0.25, -0.2) is 9.97 Å². The smallest absolute Gasteiger partial charge is 0.268 e. The molecule has 9 heteroatoms. The molecule has 23 heavy (non-hydrogen) atoms. The lowest BCUT2D eigenvalue weighted by Gasteiger charge is -2.32. The van der Waals surface area contributed by atoms with Gasteiger partial charge in [-0.05, 0) is 6.42 Å². The first-order valence-corrected chi connectivity index (χ1v) is 8.11. The summed E-state index contributed by atoms with van der Waals surface area (Å²) in [7, 11) is 0. The fourth-order valence-electron chi connectivity index (χ4n) is 2.30. The summed E-state index contributed by atoms with van der Waals surface area (Å²) in [5.41, 5.74) is 8.03. The van der Waals surface area contributed by atoms with Crippen LogP contribution in [0.2, 0.25) is 0 Å². The largest absolute Gasteiger partial charge is 0.379 e. The van der Waals surface area contributed by atoms with Crippen molar-refractivity contribution in [2.24, 2.45) is 5.73 Å². The first-order chi connectivity index (χ1) is 11.2. The Hall–Kier alpha value is -2.10. The number of hydrogen-bond donors (Lipinski definition) is 2. The van der Waals surface area contributed by atoms with Crippen molar-refractivity contribution in [3.05, 3.63) is 34.7 Å². The molecule has 3 heterocycles. The number of aromatic nitrogens is 3. The Balaban J connectivity index is 1.64. The molecule has 2 aromatic rings. The molecule has 1 amide bonds. The Morgan fingerprint density at radius 2 is 2.43 bits per heavy atom. The Bertz CT molecular complexity index is 652. The van der Waals surface area contributed by atoms with Crippen LogP contribution in [-0.2, 0) is 16.1 Å². The molecule has 0 aromatic carbocycles. The molecule has 0 radical (unpaired) electrons. The molecule has 8 nitrogen and oxygen atoms in total. The van der Waals surface area contributed by atoms with E-state index in [-0.39, 0.29) is 17.8 Å². The van der Waals surface area contributed by atoms with Crippen LogP contribution in [0.15, 0.2) is 23.3 Å². The summed E-state index contributed by atoms with van der Waals surface area (Å²) < 4.78 is 11.5. The van der Waals surface area contributed by atoms with Crippen molar-refractivity contribution < 1.29 is 14.3 Å². The van der Waals surface area contributed by atoms with Crippen LogP contribution in [0.3, 0.4) is 0 Å². The zero-order valence-corrected chi connectivity index (χ0v) is 13.2. The highest BCUT2D eigenvalue weighted by Gasteiger charge is 2.27. The molecule has 1 aliphatic rings. The van der Waals surface area contributed by atoms with Crippen molar-refractivity contribution in [3.63, 3.8) is 0 Å². The first kappa shape index (κ1) is 15.8. The van der Waals surface area contributed by atoms with Crippen LogP contribution < -0.4 is 11.1 Å². The molecule has 3 N–H and O–H groups in total. The van der Waals surface area contributed by atoms with E-state index in [2.05, 4.69) is 20.3 Å². The standard InChI is InChI=1S/C14H17N5O3S/c15-14(20)10-3-16-4-13(18-10)19-11-6-21-2-1-12(11)22-5-9-7-23-8-17-9/h3-4,7-8,11-12H,1-2,5-6H2,(H2,15,20)(H,18,19)/t11-,12+/m1/s1. The summed E-state index contributed by atoms with van der Waals surface area (Å²) >= 11 is 1.54. The molecule has 1 aliphatic heterocycles. The molecule has 1 fully saturated rings. The van der Waals surface area contributed by atoms with Gasteiger partial charge in [0.25, 0.3) is 5.91 Å². The van der Waals surface area contributed by atoms with E-state index < -0.39 is 5.91 Å². The Labute approximate surface area is 137 Å². The van der Waals surface area contributed by atoms with E-state index in [1.807, 2.05) is 5.38 Å². The van der Waals surface area contributed by atoms with E-state index in [0.717, 1.165) is 12.1 Å². The van der Waals surface area contributed by atoms with Gasteiger partial charge in [0.15, 0.2) is 0 Å². The second-order valence-corrected chi connectivity index (χ2v) is 5.82. The molecule has 3 rings (SSSR count). The summed E-state index contributed by atoms with van der Waals surface area (Å²) in [6, 6.07) is -0.0835. The predicted molar refractivity (Wildman–Crippen MR) is 84.1 cm³/mol. The third-order valence-corrected chi connectivity index (χ3v) is 4.08. The molecule has 2 atom stereocenters. The molecule has 2 aromatic heterocycles. The zero-order chi connectivity index (χ0) is 16.1. The maximum Gasteiger partial charge on any atom is 0.268 e. The number of nitrogens with zero attached hydrogens (tertiary/aromatic N) is 3. The molecule has 0 saturated carbocycles. The van der Waals surface area contributed by atoms with Crippen LogP contribution in [0.5, 0.6) is 0 Å². The fraction of sp³-hybridized carbons (Fsp3) is 0.429. The van der Waals surface area contributed by atoms with Crippen molar-refractivity contribution >= 4 is 23.1 Å². The minimum absolute atomic E-state index is 0.0375. The highest BCUT2D eigenvalue weighted by Crippen LogP contribution is 2.18. The number of carbonyl (C=O) groups is 1. The third kappa shape index (κ3) is 4.21. The number of rotatable bonds is 6. The second kappa shape index (κ2) is 7.44. The number of carbonyl (C=O) groups excluding carboxylic acids is 1. The number of hydrogen-bond acceptors (Lipinski definition) is 8. The highest BCUT2D eigenvalue weighted by molar-refractivity contribution is 7.07. The number of anilines is 1. The lowest BCUT2D eigenvalue weighted by molar-refractivity contribution is -0.0486. The minimum Gasteiger partial charge on any atom is -0.379 e. The normalized spacial score (nSPS) is 21.0. The molecule has 1 saturated heterocycles. The average Bonchev–Trinajstić information content (AvgIpc) is 3.08. The number of nitrogens with one attached hydrogen (secondary N) is 1. The van der Waals surface area contributed by atoms with Gasteiger partial charge < -0.3 is 20.5 Å². The molecule has 0 bridgehead atoms. The highest BCUT2D eigenvalue weighted by atomic mass is 32.1. The topological polar surface area (TPSA) is 112 Å². The monoisotopic (exact) mass is 335 g/mol. The van der Waals surface area contributed by atoms with E-state index in [4.69, 9.17) is 15.2 Å². The van der Waals surface area contributed by atoms with E-state index in [1.54, 1.807) is 23.0 Å². The lowest BCUT2D eigenvalue weighted by atomic mass is 10.1. The van der Waals surface area contributed by atoms with Gasteiger partial charge in [-0.15, -0.1) is 11.3 Å². The van der Waals surface area contributed by atoms with Crippen LogP contribution in [0.4, 0.5) is 5.82 Å². The van der Waals surface area contributed by atoms with Gasteiger partial charge in [-0.2, -0.15) is 0 Å². The Morgan fingerprint density at radius 1 is 1.52 bits per heavy atom. The second-order valence-electron chi connectivity index (χ2n) is 5.10. The molecule has 0 aliphatic carbocycles. The summed E-state index contributed by atoms with van der Waals surface area (Å²) in [6.07, 6.45) is 3.61. The van der Waals surface area contributed by atoms with Crippen molar-refractivity contribution in [1.82, 2.24) is 15.0 Å². The van der Waals surface area contributed by atoms with Crippen molar-refractivity contribution in [1.29, 1.82) is 0 Å². The molecule has 0 unspecified atom stereocenters. The Kier molecular flexibility index (Phi) is 5.11. The summed E-state index contributed by atoms with van der Waals surface area (Å²) in [6.45, 7) is 1.59. The number of primary amides is 1. The van der Waals surface area contributed by atoms with Crippen LogP contribution in [-0.4, -0.2) is 46.2 Å². The van der Waals surface area contributed by atoms with Crippen molar-refractivity contribution in [2.45, 2.75) is 25.2 Å². The van der Waals surface area contributed by atoms with Gasteiger partial charge >= 0.3 is 0 Å². The minimum atomic E-state index is -0.614. The van der Waals surface area contributed by atoms with Gasteiger partial charge in [-0.3, -0.25) is 9.78 Å². The van der Waals surface area contributed by atoms with Crippen molar-refractivity contribution in [3.8, 4) is 0 Å². The van der Waals surface area contributed by atoms with Crippen LogP contribution in [0.25, 0.3) is 0 Å². The average molecular weight is 335 g/mol. The molecular weight excluding hydrogens is 318 g/mol. The third-order valence-electron chi connectivity index (χ3n) is 3.44. The van der Waals surface area contributed by atoms with Gasteiger partial charge in [0.05, 0.1) is 49.0 Å².